The molecule has 0 aliphatic carbocycles. The summed E-state index contributed by atoms with van der Waals surface area (Å²) < 4.78 is 8.74. The van der Waals surface area contributed by atoms with E-state index < -0.39 is 0 Å². The van der Waals surface area contributed by atoms with Crippen LogP contribution in [-0.4, -0.2) is 53.8 Å². The van der Waals surface area contributed by atoms with Crippen molar-refractivity contribution in [1.82, 2.24) is 45.3 Å². The van der Waals surface area contributed by atoms with Crippen LogP contribution in [0.5, 0.6) is 0 Å². The lowest BCUT2D eigenvalue weighted by atomic mass is 10.3. The van der Waals surface area contributed by atoms with Crippen molar-refractivity contribution in [1.29, 1.82) is 0 Å². The van der Waals surface area contributed by atoms with Crippen LogP contribution in [0.2, 0.25) is 0 Å². The van der Waals surface area contributed by atoms with Crippen LogP contribution in [0.1, 0.15) is 0 Å². The first-order chi connectivity index (χ1) is 13.8. The fourth-order valence-corrected chi connectivity index (χ4v) is 3.04. The largest absolute Gasteiger partial charge is 0.336 e. The van der Waals surface area contributed by atoms with Gasteiger partial charge in [0.05, 0.1) is 19.1 Å². The minimum atomic E-state index is -0.238. The maximum atomic E-state index is 11.8. The third-order valence-corrected chi connectivity index (χ3v) is 4.49. The van der Waals surface area contributed by atoms with Gasteiger partial charge in [-0.2, -0.15) is 16.3 Å². The highest BCUT2D eigenvalue weighted by molar-refractivity contribution is 7.08. The van der Waals surface area contributed by atoms with E-state index in [2.05, 4.69) is 36.1 Å². The number of hydrogen-bond acceptors (Lipinski definition) is 8. The van der Waals surface area contributed by atoms with Gasteiger partial charge in [0.2, 0.25) is 5.82 Å². The minimum Gasteiger partial charge on any atom is -0.336 e. The van der Waals surface area contributed by atoms with Gasteiger partial charge in [-0.15, -0.1) is 5.10 Å². The van der Waals surface area contributed by atoms with E-state index in [9.17, 15) is 4.79 Å². The highest BCUT2D eigenvalue weighted by Gasteiger charge is 2.14. The maximum absolute atomic E-state index is 11.8. The Balaban J connectivity index is 1.22. The fraction of sp³-hybridized carbons (Fsp3) is 0.250. The predicted molar refractivity (Wildman–Crippen MR) is 100 cm³/mol. The molecule has 28 heavy (non-hydrogen) atoms. The molecule has 0 bridgehead atoms. The lowest BCUT2D eigenvalue weighted by Crippen LogP contribution is -2.38. The number of rotatable bonds is 8. The SMILES string of the molecule is O=C(NCCn1ccnc1)NCCn1cc(-c2nc(-c3ccsc3)no2)nn1. The first-order valence-electron chi connectivity index (χ1n) is 8.52. The van der Waals surface area contributed by atoms with E-state index in [1.807, 2.05) is 27.6 Å². The molecule has 4 rings (SSSR count). The lowest BCUT2D eigenvalue weighted by Gasteiger charge is -2.07. The molecule has 0 aliphatic rings. The molecule has 0 saturated heterocycles. The van der Waals surface area contributed by atoms with E-state index in [1.54, 1.807) is 34.7 Å². The summed E-state index contributed by atoms with van der Waals surface area (Å²) in [5.41, 5.74) is 1.38. The molecule has 2 amide bonds. The second kappa shape index (κ2) is 8.43. The zero-order valence-corrected chi connectivity index (χ0v) is 15.5. The summed E-state index contributed by atoms with van der Waals surface area (Å²) in [5, 5.41) is 21.4. The summed E-state index contributed by atoms with van der Waals surface area (Å²) in [6.45, 7) is 2.05. The zero-order chi connectivity index (χ0) is 19.2. The van der Waals surface area contributed by atoms with Crippen molar-refractivity contribution in [3.63, 3.8) is 0 Å². The second-order valence-corrected chi connectivity index (χ2v) is 6.57. The number of amides is 2. The fourth-order valence-electron chi connectivity index (χ4n) is 2.41. The van der Waals surface area contributed by atoms with Crippen LogP contribution in [0.15, 0.2) is 46.3 Å². The quantitative estimate of drug-likeness (QED) is 0.456. The van der Waals surface area contributed by atoms with Gasteiger partial charge in [0.1, 0.15) is 0 Å². The van der Waals surface area contributed by atoms with Crippen LogP contribution in [-0.2, 0) is 13.1 Å². The Morgan fingerprint density at radius 2 is 2.14 bits per heavy atom. The van der Waals surface area contributed by atoms with Crippen LogP contribution in [0.4, 0.5) is 4.79 Å². The van der Waals surface area contributed by atoms with Gasteiger partial charge in [-0.3, -0.25) is 0 Å². The summed E-state index contributed by atoms with van der Waals surface area (Å²) in [5.74, 6) is 0.817. The maximum Gasteiger partial charge on any atom is 0.314 e. The number of imidazole rings is 1. The number of hydrogen-bond donors (Lipinski definition) is 2. The molecule has 11 nitrogen and oxygen atoms in total. The smallest absolute Gasteiger partial charge is 0.314 e. The monoisotopic (exact) mass is 399 g/mol. The van der Waals surface area contributed by atoms with E-state index in [1.165, 1.54) is 0 Å². The molecule has 0 unspecified atom stereocenters. The third-order valence-electron chi connectivity index (χ3n) is 3.80. The van der Waals surface area contributed by atoms with Crippen molar-refractivity contribution in [2.75, 3.05) is 13.1 Å². The van der Waals surface area contributed by atoms with Crippen LogP contribution in [0.25, 0.3) is 23.0 Å². The average Bonchev–Trinajstić information content (AvgIpc) is 3.48. The number of carbonyl (C=O) groups is 1. The number of urea groups is 1. The highest BCUT2D eigenvalue weighted by Crippen LogP contribution is 2.22. The standard InChI is InChI=1S/C16H17N9O2S/c26-16(18-3-6-24-5-2-17-11-24)19-4-7-25-9-13(21-23-25)15-20-14(22-27-15)12-1-8-28-10-12/h1-2,5,8-11H,3-4,6-7H2,(H2,18,19,26). The van der Waals surface area contributed by atoms with Crippen molar-refractivity contribution < 1.29 is 9.32 Å². The van der Waals surface area contributed by atoms with Gasteiger partial charge < -0.3 is 19.7 Å². The summed E-state index contributed by atoms with van der Waals surface area (Å²) in [7, 11) is 0. The molecule has 0 spiro atoms. The molecule has 0 aliphatic heterocycles. The lowest BCUT2D eigenvalue weighted by molar-refractivity contribution is 0.240. The number of nitrogens with one attached hydrogen (secondary N) is 2. The zero-order valence-electron chi connectivity index (χ0n) is 14.7. The van der Waals surface area contributed by atoms with E-state index >= 15 is 0 Å². The van der Waals surface area contributed by atoms with E-state index in [0.717, 1.165) is 5.56 Å². The van der Waals surface area contributed by atoms with Gasteiger partial charge in [-0.25, -0.2) is 14.5 Å². The molecule has 0 aromatic carbocycles. The number of aromatic nitrogens is 7. The van der Waals surface area contributed by atoms with Crippen molar-refractivity contribution in [2.24, 2.45) is 0 Å². The Labute approximate surface area is 163 Å². The normalized spacial score (nSPS) is 10.9. The van der Waals surface area contributed by atoms with Gasteiger partial charge in [-0.05, 0) is 11.4 Å². The van der Waals surface area contributed by atoms with Crippen LogP contribution in [0.3, 0.4) is 0 Å². The Hall–Kier alpha value is -3.54. The number of thiophene rings is 1. The van der Waals surface area contributed by atoms with Crippen molar-refractivity contribution >= 4 is 17.4 Å². The van der Waals surface area contributed by atoms with Crippen molar-refractivity contribution in [2.45, 2.75) is 13.1 Å². The van der Waals surface area contributed by atoms with Gasteiger partial charge in [0, 0.05) is 43.0 Å². The Morgan fingerprint density at radius 1 is 1.25 bits per heavy atom. The first kappa shape index (κ1) is 17.9. The van der Waals surface area contributed by atoms with E-state index in [0.29, 0.717) is 43.6 Å². The molecule has 0 atom stereocenters. The molecule has 12 heteroatoms. The molecular weight excluding hydrogens is 382 g/mol. The topological polar surface area (TPSA) is 129 Å². The summed E-state index contributed by atoms with van der Waals surface area (Å²) >= 11 is 1.56. The summed E-state index contributed by atoms with van der Waals surface area (Å²) in [6.07, 6.45) is 6.94. The van der Waals surface area contributed by atoms with Crippen molar-refractivity contribution in [3.05, 3.63) is 41.7 Å². The molecule has 4 aromatic rings. The molecular formula is C16H17N9O2S. The Kier molecular flexibility index (Phi) is 5.38. The molecule has 2 N–H and O–H groups in total. The van der Waals surface area contributed by atoms with Gasteiger partial charge in [0.25, 0.3) is 5.89 Å². The van der Waals surface area contributed by atoms with E-state index in [4.69, 9.17) is 4.52 Å². The Morgan fingerprint density at radius 3 is 2.93 bits per heavy atom. The molecule has 144 valence electrons. The summed E-state index contributed by atoms with van der Waals surface area (Å²) in [4.78, 5) is 20.1. The van der Waals surface area contributed by atoms with Crippen LogP contribution >= 0.6 is 11.3 Å². The molecule has 4 aromatic heterocycles. The van der Waals surface area contributed by atoms with Gasteiger partial charge in [-0.1, -0.05) is 10.4 Å². The van der Waals surface area contributed by atoms with Gasteiger partial charge >= 0.3 is 6.03 Å². The van der Waals surface area contributed by atoms with Crippen LogP contribution < -0.4 is 10.6 Å². The van der Waals surface area contributed by atoms with Gasteiger partial charge in [0.15, 0.2) is 5.69 Å². The molecule has 0 fully saturated rings. The summed E-state index contributed by atoms with van der Waals surface area (Å²) in [6, 6.07) is 1.68. The predicted octanol–water partition coefficient (Wildman–Crippen LogP) is 1.25. The van der Waals surface area contributed by atoms with Crippen molar-refractivity contribution in [3.8, 4) is 23.0 Å². The average molecular weight is 399 g/mol. The number of nitrogens with zero attached hydrogens (tertiary/aromatic N) is 7. The Bertz CT molecular complexity index is 1010. The molecule has 4 heterocycles. The van der Waals surface area contributed by atoms with Crippen LogP contribution in [0, 0.1) is 0 Å². The number of carbonyl (C=O) groups excluding carboxylic acids is 1. The molecule has 0 saturated carbocycles. The first-order valence-corrected chi connectivity index (χ1v) is 9.46. The second-order valence-electron chi connectivity index (χ2n) is 5.79. The van der Waals surface area contributed by atoms with E-state index in [-0.39, 0.29) is 6.03 Å². The molecule has 0 radical (unpaired) electrons. The minimum absolute atomic E-state index is 0.238. The third kappa shape index (κ3) is 4.40. The highest BCUT2D eigenvalue weighted by atomic mass is 32.1.